The predicted molar refractivity (Wildman–Crippen MR) is 161 cm³/mol. The highest BCUT2D eigenvalue weighted by Crippen LogP contribution is 2.26. The molecule has 0 radical (unpaired) electrons. The molecule has 0 amide bonds. The van der Waals surface area contributed by atoms with Crippen LogP contribution in [0, 0.1) is 0 Å². The molecule has 4 aromatic rings. The molecule has 1 atom stereocenters. The van der Waals surface area contributed by atoms with E-state index < -0.39 is 26.9 Å². The first kappa shape index (κ1) is 27.4. The van der Waals surface area contributed by atoms with Crippen LogP contribution in [0.1, 0.15) is 0 Å². The summed E-state index contributed by atoms with van der Waals surface area (Å²) < 4.78 is 12.3. The monoisotopic (exact) mass is 532 g/mol. The van der Waals surface area contributed by atoms with Crippen molar-refractivity contribution in [2.24, 2.45) is 0 Å². The molecule has 0 spiro atoms. The highest BCUT2D eigenvalue weighted by molar-refractivity contribution is 7.99. The third-order valence-corrected chi connectivity index (χ3v) is 12.1. The number of hydrogen-bond acceptors (Lipinski definition) is 2. The molecule has 35 heavy (non-hydrogen) atoms. The van der Waals surface area contributed by atoms with E-state index in [4.69, 9.17) is 0 Å². The summed E-state index contributed by atoms with van der Waals surface area (Å²) in [5.74, 6) is 0. The molecule has 0 fully saturated rings. The SMILES string of the molecule is C[Si](C)(C)c1ccc(S(=O)c2ccccc2)cc1.C[Si](C)(C)c1ccc(Sc2ccccc2)cc1. The van der Waals surface area contributed by atoms with Gasteiger partial charge in [0.25, 0.3) is 0 Å². The summed E-state index contributed by atoms with van der Waals surface area (Å²) in [6, 6.07) is 37.4. The average Bonchev–Trinajstić information content (AvgIpc) is 2.84. The first-order chi connectivity index (χ1) is 16.5. The van der Waals surface area contributed by atoms with Gasteiger partial charge in [0.05, 0.1) is 26.9 Å². The highest BCUT2D eigenvalue weighted by atomic mass is 32.2. The molecule has 0 heterocycles. The zero-order valence-electron chi connectivity index (χ0n) is 21.6. The predicted octanol–water partition coefficient (Wildman–Crippen LogP) is 7.78. The second-order valence-electron chi connectivity index (χ2n) is 10.5. The fourth-order valence-corrected chi connectivity index (χ4v) is 7.64. The zero-order chi connectivity index (χ0) is 25.5. The van der Waals surface area contributed by atoms with Crippen LogP contribution in [0.5, 0.6) is 0 Å². The molecule has 5 heteroatoms. The van der Waals surface area contributed by atoms with Gasteiger partial charge in [-0.05, 0) is 48.5 Å². The Morgan fingerprint density at radius 1 is 0.486 bits per heavy atom. The summed E-state index contributed by atoms with van der Waals surface area (Å²) in [6.07, 6.45) is 0. The highest BCUT2D eigenvalue weighted by Gasteiger charge is 2.17. The van der Waals surface area contributed by atoms with Gasteiger partial charge >= 0.3 is 0 Å². The average molecular weight is 533 g/mol. The van der Waals surface area contributed by atoms with E-state index >= 15 is 0 Å². The Kier molecular flexibility index (Phi) is 9.53. The Morgan fingerprint density at radius 3 is 1.31 bits per heavy atom. The number of rotatable bonds is 6. The van der Waals surface area contributed by atoms with Crippen LogP contribution in [0.3, 0.4) is 0 Å². The fraction of sp³-hybridized carbons (Fsp3) is 0.200. The minimum absolute atomic E-state index is 0.859. The van der Waals surface area contributed by atoms with Crippen molar-refractivity contribution in [3.05, 3.63) is 109 Å². The van der Waals surface area contributed by atoms with Crippen LogP contribution in [0.25, 0.3) is 0 Å². The molecular weight excluding hydrogens is 497 g/mol. The molecule has 0 aliphatic carbocycles. The van der Waals surface area contributed by atoms with Crippen LogP contribution in [0.2, 0.25) is 39.3 Å². The summed E-state index contributed by atoms with van der Waals surface area (Å²) >= 11 is 1.82. The molecule has 0 aliphatic heterocycles. The van der Waals surface area contributed by atoms with Gasteiger partial charge in [-0.15, -0.1) is 0 Å². The van der Waals surface area contributed by atoms with Gasteiger partial charge in [0.15, 0.2) is 0 Å². The van der Waals surface area contributed by atoms with Crippen LogP contribution in [0.15, 0.2) is 129 Å². The third kappa shape index (κ3) is 8.46. The fourth-order valence-electron chi connectivity index (χ4n) is 3.41. The largest absolute Gasteiger partial charge is 0.249 e. The van der Waals surface area contributed by atoms with Crippen LogP contribution in [-0.2, 0) is 10.8 Å². The summed E-state index contributed by atoms with van der Waals surface area (Å²) in [7, 11) is -3.49. The van der Waals surface area contributed by atoms with Crippen molar-refractivity contribution in [1.29, 1.82) is 0 Å². The molecule has 0 aromatic heterocycles. The van der Waals surface area contributed by atoms with Crippen LogP contribution in [0.4, 0.5) is 0 Å². The van der Waals surface area contributed by atoms with Crippen molar-refractivity contribution in [3.63, 3.8) is 0 Å². The van der Waals surface area contributed by atoms with Crippen molar-refractivity contribution >= 4 is 49.1 Å². The molecule has 0 N–H and O–H groups in total. The topological polar surface area (TPSA) is 17.1 Å². The van der Waals surface area contributed by atoms with Crippen LogP contribution >= 0.6 is 11.8 Å². The Hall–Kier alpha value is -2.19. The van der Waals surface area contributed by atoms with Crippen molar-refractivity contribution in [3.8, 4) is 0 Å². The molecule has 0 saturated heterocycles. The second kappa shape index (κ2) is 12.2. The van der Waals surface area contributed by atoms with Gasteiger partial charge in [0.1, 0.15) is 0 Å². The summed E-state index contributed by atoms with van der Waals surface area (Å²) in [5.41, 5.74) is 0. The Labute approximate surface area is 220 Å². The summed E-state index contributed by atoms with van der Waals surface area (Å²) in [5, 5.41) is 2.92. The van der Waals surface area contributed by atoms with Crippen molar-refractivity contribution < 1.29 is 4.21 Å². The lowest BCUT2D eigenvalue weighted by atomic mass is 10.4. The maximum absolute atomic E-state index is 12.3. The zero-order valence-corrected chi connectivity index (χ0v) is 25.3. The van der Waals surface area contributed by atoms with Gasteiger partial charge < -0.3 is 0 Å². The van der Waals surface area contributed by atoms with E-state index in [0.717, 1.165) is 9.79 Å². The molecule has 0 bridgehead atoms. The van der Waals surface area contributed by atoms with E-state index in [0.29, 0.717) is 0 Å². The summed E-state index contributed by atoms with van der Waals surface area (Å²) in [4.78, 5) is 4.35. The quantitative estimate of drug-likeness (QED) is 0.236. The van der Waals surface area contributed by atoms with Gasteiger partial charge in [-0.25, -0.2) is 4.21 Å². The van der Waals surface area contributed by atoms with Crippen molar-refractivity contribution in [2.75, 3.05) is 0 Å². The van der Waals surface area contributed by atoms with E-state index in [-0.39, 0.29) is 0 Å². The van der Waals surface area contributed by atoms with Gasteiger partial charge in [0, 0.05) is 19.6 Å². The first-order valence-corrected chi connectivity index (χ1v) is 20.9. The molecule has 4 aromatic carbocycles. The third-order valence-electron chi connectivity index (χ3n) is 5.59. The van der Waals surface area contributed by atoms with E-state index in [2.05, 4.69) is 106 Å². The van der Waals surface area contributed by atoms with Crippen molar-refractivity contribution in [1.82, 2.24) is 0 Å². The Balaban J connectivity index is 0.000000196. The molecule has 0 aliphatic rings. The minimum Gasteiger partial charge on any atom is -0.249 e. The molecule has 4 rings (SSSR count). The van der Waals surface area contributed by atoms with Gasteiger partial charge in [0.2, 0.25) is 0 Å². The lowest BCUT2D eigenvalue weighted by molar-refractivity contribution is 0.683. The normalized spacial score (nSPS) is 12.4. The van der Waals surface area contributed by atoms with E-state index in [1.807, 2.05) is 54.2 Å². The number of hydrogen-bond donors (Lipinski definition) is 0. The van der Waals surface area contributed by atoms with Gasteiger partial charge in [-0.1, -0.05) is 122 Å². The minimum atomic E-state index is -1.27. The van der Waals surface area contributed by atoms with E-state index in [1.54, 1.807) is 0 Å². The van der Waals surface area contributed by atoms with E-state index in [1.165, 1.54) is 20.2 Å². The van der Waals surface area contributed by atoms with E-state index in [9.17, 15) is 4.21 Å². The van der Waals surface area contributed by atoms with Crippen LogP contribution < -0.4 is 10.4 Å². The van der Waals surface area contributed by atoms with Crippen molar-refractivity contribution in [2.45, 2.75) is 58.9 Å². The molecule has 0 saturated carbocycles. The van der Waals surface area contributed by atoms with Crippen LogP contribution in [-0.4, -0.2) is 20.4 Å². The molecule has 1 nitrogen and oxygen atoms in total. The Morgan fingerprint density at radius 2 is 0.857 bits per heavy atom. The lowest BCUT2D eigenvalue weighted by Gasteiger charge is -2.16. The molecule has 1 unspecified atom stereocenters. The summed E-state index contributed by atoms with van der Waals surface area (Å²) in [6.45, 7) is 14.1. The Bertz CT molecular complexity index is 1210. The lowest BCUT2D eigenvalue weighted by Crippen LogP contribution is -2.37. The standard InChI is InChI=1S/C15H18OSSi.C15H18SSi/c1-18(2,3)15-11-9-14(10-12-15)17(16)13-7-5-4-6-8-13;1-17(2,3)15-11-9-14(10-12-15)16-13-7-5-4-6-8-13/h4-12H,1-3H3;4-12H,1-3H3. The first-order valence-electron chi connectivity index (χ1n) is 11.9. The van der Waals surface area contributed by atoms with Gasteiger partial charge in [-0.3, -0.25) is 0 Å². The second-order valence-corrected chi connectivity index (χ2v) is 23.3. The molecular formula is C30H36OS2Si2. The van der Waals surface area contributed by atoms with Gasteiger partial charge in [-0.2, -0.15) is 0 Å². The number of benzene rings is 4. The maximum atomic E-state index is 12.3. The maximum Gasteiger partial charge on any atom is 0.0849 e. The molecule has 182 valence electrons. The smallest absolute Gasteiger partial charge is 0.0849 e.